The second-order valence-corrected chi connectivity index (χ2v) is 5.16. The zero-order valence-corrected chi connectivity index (χ0v) is 12.7. The molecule has 1 atom stereocenters. The minimum absolute atomic E-state index is 0.0348. The molecule has 0 spiro atoms. The van der Waals surface area contributed by atoms with Crippen molar-refractivity contribution in [2.75, 3.05) is 7.05 Å². The normalized spacial score (nSPS) is 12.3. The largest absolute Gasteiger partial charge is 0.480 e. The number of likely N-dealkylation sites (N-methyl/N-ethyl adjacent to an activating group) is 1. The molecule has 0 aliphatic carbocycles. The number of carbonyl (C=O) groups is 2. The highest BCUT2D eigenvalue weighted by Gasteiger charge is 2.28. The summed E-state index contributed by atoms with van der Waals surface area (Å²) in [7, 11) is 1.43. The maximum atomic E-state index is 12.3. The van der Waals surface area contributed by atoms with Gasteiger partial charge in [-0.25, -0.2) is 14.8 Å². The molecule has 1 unspecified atom stereocenters. The Hall–Kier alpha value is -1.69. The first kappa shape index (κ1) is 16.4. The summed E-state index contributed by atoms with van der Waals surface area (Å²) in [4.78, 5) is 32.8. The van der Waals surface area contributed by atoms with Crippen LogP contribution >= 0.6 is 11.6 Å². The van der Waals surface area contributed by atoms with Crippen LogP contribution in [0.4, 0.5) is 0 Å². The Bertz CT molecular complexity index is 520. The average molecular weight is 300 g/mol. The number of rotatable bonds is 5. The molecule has 0 radical (unpaired) electrons. The number of aromatic nitrogens is 2. The molecule has 1 heterocycles. The van der Waals surface area contributed by atoms with E-state index in [4.69, 9.17) is 16.7 Å². The van der Waals surface area contributed by atoms with Gasteiger partial charge in [-0.15, -0.1) is 0 Å². The predicted octanol–water partition coefficient (Wildman–Crippen LogP) is 2.19. The molecular formula is C13H18ClN3O3. The molecule has 0 aromatic carbocycles. The van der Waals surface area contributed by atoms with Crippen molar-refractivity contribution in [1.82, 2.24) is 14.9 Å². The molecule has 7 heteroatoms. The van der Waals surface area contributed by atoms with Gasteiger partial charge in [-0.1, -0.05) is 32.4 Å². The number of halogens is 1. The van der Waals surface area contributed by atoms with Crippen LogP contribution < -0.4 is 0 Å². The van der Waals surface area contributed by atoms with Crippen molar-refractivity contribution in [2.45, 2.75) is 39.2 Å². The summed E-state index contributed by atoms with van der Waals surface area (Å²) in [6, 6.07) is -0.906. The third-order valence-corrected chi connectivity index (χ3v) is 3.22. The van der Waals surface area contributed by atoms with Gasteiger partial charge >= 0.3 is 5.97 Å². The Morgan fingerprint density at radius 2 is 2.05 bits per heavy atom. The van der Waals surface area contributed by atoms with E-state index in [1.807, 2.05) is 13.8 Å². The van der Waals surface area contributed by atoms with E-state index in [0.717, 1.165) is 4.90 Å². The lowest BCUT2D eigenvalue weighted by Crippen LogP contribution is -2.42. The zero-order chi connectivity index (χ0) is 15.4. The third-order valence-electron chi connectivity index (χ3n) is 2.94. The minimum Gasteiger partial charge on any atom is -0.480 e. The fourth-order valence-corrected chi connectivity index (χ4v) is 1.90. The van der Waals surface area contributed by atoms with Crippen molar-refractivity contribution in [3.05, 3.63) is 22.7 Å². The first-order valence-corrected chi connectivity index (χ1v) is 6.69. The number of aliphatic carboxylic acids is 1. The lowest BCUT2D eigenvalue weighted by atomic mass is 10.1. The maximum Gasteiger partial charge on any atom is 0.326 e. The first-order valence-electron chi connectivity index (χ1n) is 6.31. The molecule has 1 aromatic heterocycles. The van der Waals surface area contributed by atoms with Gasteiger partial charge in [-0.05, 0) is 6.42 Å². The van der Waals surface area contributed by atoms with Crippen molar-refractivity contribution in [3.8, 4) is 0 Å². The molecule has 6 nitrogen and oxygen atoms in total. The zero-order valence-electron chi connectivity index (χ0n) is 11.9. The Morgan fingerprint density at radius 1 is 1.45 bits per heavy atom. The van der Waals surface area contributed by atoms with E-state index >= 15 is 0 Å². The van der Waals surface area contributed by atoms with Crippen molar-refractivity contribution < 1.29 is 14.7 Å². The summed E-state index contributed by atoms with van der Waals surface area (Å²) in [6.45, 7) is 5.49. The summed E-state index contributed by atoms with van der Waals surface area (Å²) in [5.41, 5.74) is 0.0348. The third kappa shape index (κ3) is 3.45. The number of amides is 1. The topological polar surface area (TPSA) is 83.4 Å². The highest BCUT2D eigenvalue weighted by atomic mass is 35.5. The van der Waals surface area contributed by atoms with Gasteiger partial charge in [0, 0.05) is 13.0 Å². The monoisotopic (exact) mass is 299 g/mol. The van der Waals surface area contributed by atoms with Gasteiger partial charge in [0.25, 0.3) is 5.91 Å². The predicted molar refractivity (Wildman–Crippen MR) is 74.9 cm³/mol. The summed E-state index contributed by atoms with van der Waals surface area (Å²) in [6.07, 6.45) is 1.67. The molecule has 0 aliphatic rings. The number of carboxylic acid groups (broad SMARTS) is 1. The standard InChI is InChI=1S/C13H18ClN3O3/c1-5-9(13(19)20)17(4)12(18)10-8(14)6-15-11(16-10)7(2)3/h6-7,9H,5H2,1-4H3,(H,19,20). The maximum absolute atomic E-state index is 12.3. The highest BCUT2D eigenvalue weighted by molar-refractivity contribution is 6.33. The summed E-state index contributed by atoms with van der Waals surface area (Å²) in [5.74, 6) is -1.04. The molecule has 0 saturated carbocycles. The number of carbonyl (C=O) groups excluding carboxylic acids is 1. The molecule has 1 amide bonds. The van der Waals surface area contributed by atoms with Crippen LogP contribution in [0.25, 0.3) is 0 Å². The number of hydrogen-bond acceptors (Lipinski definition) is 4. The van der Waals surface area contributed by atoms with Gasteiger partial charge in [0.05, 0.1) is 11.2 Å². The number of hydrogen-bond donors (Lipinski definition) is 1. The lowest BCUT2D eigenvalue weighted by molar-refractivity contribution is -0.142. The van der Waals surface area contributed by atoms with Gasteiger partial charge in [0.1, 0.15) is 11.9 Å². The van der Waals surface area contributed by atoms with E-state index in [0.29, 0.717) is 12.2 Å². The minimum atomic E-state index is -1.06. The summed E-state index contributed by atoms with van der Waals surface area (Å²) >= 11 is 5.95. The van der Waals surface area contributed by atoms with Gasteiger partial charge in [-0.3, -0.25) is 4.79 Å². The van der Waals surface area contributed by atoms with Crippen molar-refractivity contribution in [2.24, 2.45) is 0 Å². The van der Waals surface area contributed by atoms with Crippen molar-refractivity contribution >= 4 is 23.5 Å². The average Bonchev–Trinajstić information content (AvgIpc) is 2.38. The van der Waals surface area contributed by atoms with Crippen LogP contribution in [0.1, 0.15) is 49.4 Å². The van der Waals surface area contributed by atoms with E-state index in [-0.39, 0.29) is 16.6 Å². The van der Waals surface area contributed by atoms with Crippen molar-refractivity contribution in [3.63, 3.8) is 0 Å². The number of carboxylic acids is 1. The molecule has 1 rings (SSSR count). The lowest BCUT2D eigenvalue weighted by Gasteiger charge is -2.23. The SMILES string of the molecule is CCC(C(=O)O)N(C)C(=O)c1nc(C(C)C)ncc1Cl. The number of nitrogens with zero attached hydrogens (tertiary/aromatic N) is 3. The van der Waals surface area contributed by atoms with Crippen LogP contribution in [0.3, 0.4) is 0 Å². The Labute approximate surface area is 122 Å². The fraction of sp³-hybridized carbons (Fsp3) is 0.538. The highest BCUT2D eigenvalue weighted by Crippen LogP contribution is 2.19. The van der Waals surface area contributed by atoms with E-state index in [9.17, 15) is 9.59 Å². The molecule has 110 valence electrons. The quantitative estimate of drug-likeness (QED) is 0.901. The Morgan fingerprint density at radius 3 is 2.50 bits per heavy atom. The van der Waals surface area contributed by atoms with Crippen LogP contribution in [0.15, 0.2) is 6.20 Å². The Balaban J connectivity index is 3.13. The summed E-state index contributed by atoms with van der Waals surface area (Å²) < 4.78 is 0. The van der Waals surface area contributed by atoms with Gasteiger partial charge < -0.3 is 10.0 Å². The van der Waals surface area contributed by atoms with Gasteiger partial charge in [0.15, 0.2) is 5.69 Å². The van der Waals surface area contributed by atoms with Gasteiger partial charge in [-0.2, -0.15) is 0 Å². The molecule has 1 aromatic rings. The second-order valence-electron chi connectivity index (χ2n) is 4.76. The van der Waals surface area contributed by atoms with E-state index < -0.39 is 17.9 Å². The van der Waals surface area contributed by atoms with Crippen LogP contribution in [-0.2, 0) is 4.79 Å². The summed E-state index contributed by atoms with van der Waals surface area (Å²) in [5, 5.41) is 9.21. The molecule has 0 aliphatic heterocycles. The molecule has 1 N–H and O–H groups in total. The van der Waals surface area contributed by atoms with E-state index in [2.05, 4.69) is 9.97 Å². The Kier molecular flexibility index (Phi) is 5.44. The fourth-order valence-electron chi connectivity index (χ4n) is 1.73. The molecular weight excluding hydrogens is 282 g/mol. The van der Waals surface area contributed by atoms with E-state index in [1.165, 1.54) is 13.2 Å². The molecule has 0 saturated heterocycles. The molecule has 0 bridgehead atoms. The van der Waals surface area contributed by atoms with E-state index in [1.54, 1.807) is 6.92 Å². The van der Waals surface area contributed by atoms with Crippen LogP contribution in [-0.4, -0.2) is 44.9 Å². The molecule has 0 fully saturated rings. The second kappa shape index (κ2) is 6.65. The van der Waals surface area contributed by atoms with Crippen LogP contribution in [0.5, 0.6) is 0 Å². The molecule has 20 heavy (non-hydrogen) atoms. The van der Waals surface area contributed by atoms with Crippen molar-refractivity contribution in [1.29, 1.82) is 0 Å². The first-order chi connectivity index (χ1) is 9.29. The van der Waals surface area contributed by atoms with Crippen LogP contribution in [0, 0.1) is 0 Å². The van der Waals surface area contributed by atoms with Crippen LogP contribution in [0.2, 0.25) is 5.02 Å². The smallest absolute Gasteiger partial charge is 0.326 e. The van der Waals surface area contributed by atoms with Gasteiger partial charge in [0.2, 0.25) is 0 Å².